The van der Waals surface area contributed by atoms with E-state index in [9.17, 15) is 10.1 Å². The van der Waals surface area contributed by atoms with E-state index in [1.165, 1.54) is 19.2 Å². The molecule has 98 valence electrons. The topological polar surface area (TPSA) is 64.4 Å². The van der Waals surface area contributed by atoms with Crippen LogP contribution >= 0.6 is 0 Å². The second-order valence-corrected chi connectivity index (χ2v) is 4.02. The Morgan fingerprint density at radius 1 is 1.21 bits per heavy atom. The molecule has 2 aromatic rings. The minimum absolute atomic E-state index is 0.00918. The molecule has 0 radical (unpaired) electrons. The average Bonchev–Trinajstić information content (AvgIpc) is 2.45. The molecule has 0 aliphatic heterocycles. The Labute approximate surface area is 111 Å². The number of methoxy groups -OCH3 is 1. The Balaban J connectivity index is 2.15. The Morgan fingerprint density at radius 3 is 2.58 bits per heavy atom. The second-order valence-electron chi connectivity index (χ2n) is 4.02. The van der Waals surface area contributed by atoms with E-state index in [1.54, 1.807) is 6.07 Å². The van der Waals surface area contributed by atoms with E-state index in [0.717, 1.165) is 5.56 Å². The van der Waals surface area contributed by atoms with Gasteiger partial charge in [-0.3, -0.25) is 10.1 Å². The van der Waals surface area contributed by atoms with Crippen LogP contribution < -0.4 is 10.1 Å². The summed E-state index contributed by atoms with van der Waals surface area (Å²) >= 11 is 0. The molecule has 19 heavy (non-hydrogen) atoms. The van der Waals surface area contributed by atoms with Crippen molar-refractivity contribution in [3.63, 3.8) is 0 Å². The van der Waals surface area contributed by atoms with Crippen molar-refractivity contribution >= 4 is 11.4 Å². The first kappa shape index (κ1) is 12.9. The zero-order chi connectivity index (χ0) is 13.7. The Morgan fingerprint density at radius 2 is 1.95 bits per heavy atom. The molecule has 0 bridgehead atoms. The zero-order valence-corrected chi connectivity index (χ0v) is 10.5. The van der Waals surface area contributed by atoms with Crippen LogP contribution in [0.5, 0.6) is 5.75 Å². The molecule has 0 saturated heterocycles. The monoisotopic (exact) mass is 258 g/mol. The molecule has 5 nitrogen and oxygen atoms in total. The smallest absolute Gasteiger partial charge is 0.275 e. The fraction of sp³-hybridized carbons (Fsp3) is 0.143. The van der Waals surface area contributed by atoms with Crippen molar-refractivity contribution < 1.29 is 9.66 Å². The maximum Gasteiger partial charge on any atom is 0.275 e. The lowest BCUT2D eigenvalue weighted by molar-refractivity contribution is -0.384. The van der Waals surface area contributed by atoms with Gasteiger partial charge in [-0.2, -0.15) is 0 Å². The number of nitro benzene ring substituents is 1. The van der Waals surface area contributed by atoms with E-state index < -0.39 is 4.92 Å². The quantitative estimate of drug-likeness (QED) is 0.660. The molecule has 0 heterocycles. The van der Waals surface area contributed by atoms with Gasteiger partial charge in [0.2, 0.25) is 0 Å². The number of anilines is 1. The van der Waals surface area contributed by atoms with Gasteiger partial charge >= 0.3 is 0 Å². The number of rotatable bonds is 5. The lowest BCUT2D eigenvalue weighted by Crippen LogP contribution is -2.00. The van der Waals surface area contributed by atoms with Gasteiger partial charge in [0.15, 0.2) is 0 Å². The van der Waals surface area contributed by atoms with Gasteiger partial charge in [0.05, 0.1) is 18.1 Å². The molecule has 0 aliphatic carbocycles. The number of non-ortho nitro benzene ring substituents is 1. The molecule has 0 aliphatic rings. The Bertz CT molecular complexity index is 570. The zero-order valence-electron chi connectivity index (χ0n) is 10.5. The SMILES string of the molecule is COc1cc(NCc2ccccc2)cc([N+](=O)[O-])c1. The largest absolute Gasteiger partial charge is 0.496 e. The summed E-state index contributed by atoms with van der Waals surface area (Å²) in [5, 5.41) is 14.0. The number of nitrogens with one attached hydrogen (secondary N) is 1. The van der Waals surface area contributed by atoms with Crippen LogP contribution in [0.2, 0.25) is 0 Å². The lowest BCUT2D eigenvalue weighted by atomic mass is 10.2. The van der Waals surface area contributed by atoms with Crippen molar-refractivity contribution in [2.45, 2.75) is 6.54 Å². The van der Waals surface area contributed by atoms with Crippen molar-refractivity contribution in [2.75, 3.05) is 12.4 Å². The molecule has 0 fully saturated rings. The van der Waals surface area contributed by atoms with Crippen molar-refractivity contribution in [3.05, 3.63) is 64.2 Å². The molecule has 5 heteroatoms. The molecule has 0 amide bonds. The highest BCUT2D eigenvalue weighted by Gasteiger charge is 2.09. The third kappa shape index (κ3) is 3.45. The minimum Gasteiger partial charge on any atom is -0.496 e. The first-order valence-corrected chi connectivity index (χ1v) is 5.80. The van der Waals surface area contributed by atoms with E-state index >= 15 is 0 Å². The average molecular weight is 258 g/mol. The van der Waals surface area contributed by atoms with Crippen LogP contribution in [0.3, 0.4) is 0 Å². The summed E-state index contributed by atoms with van der Waals surface area (Å²) in [5.41, 5.74) is 1.78. The first-order valence-electron chi connectivity index (χ1n) is 5.80. The Hall–Kier alpha value is -2.56. The van der Waals surface area contributed by atoms with Gasteiger partial charge in [-0.05, 0) is 5.56 Å². The van der Waals surface area contributed by atoms with E-state index in [0.29, 0.717) is 18.0 Å². The van der Waals surface area contributed by atoms with E-state index in [2.05, 4.69) is 5.32 Å². The summed E-state index contributed by atoms with van der Waals surface area (Å²) in [4.78, 5) is 10.4. The number of hydrogen-bond donors (Lipinski definition) is 1. The van der Waals surface area contributed by atoms with Gasteiger partial charge in [-0.25, -0.2) is 0 Å². The van der Waals surface area contributed by atoms with Gasteiger partial charge in [0, 0.05) is 24.4 Å². The highest BCUT2D eigenvalue weighted by atomic mass is 16.6. The van der Waals surface area contributed by atoms with Crippen molar-refractivity contribution in [2.24, 2.45) is 0 Å². The standard InChI is InChI=1S/C14H14N2O3/c1-19-14-8-12(7-13(9-14)16(17)18)15-10-11-5-3-2-4-6-11/h2-9,15H,10H2,1H3. The molecular formula is C14H14N2O3. The van der Waals surface area contributed by atoms with Crippen LogP contribution in [0.15, 0.2) is 48.5 Å². The van der Waals surface area contributed by atoms with Crippen molar-refractivity contribution in [1.29, 1.82) is 0 Å². The maximum absolute atomic E-state index is 10.8. The van der Waals surface area contributed by atoms with Crippen LogP contribution in [0.4, 0.5) is 11.4 Å². The lowest BCUT2D eigenvalue weighted by Gasteiger charge is -2.08. The third-order valence-corrected chi connectivity index (χ3v) is 2.68. The molecule has 0 atom stereocenters. The molecule has 2 rings (SSSR count). The highest BCUT2D eigenvalue weighted by molar-refractivity contribution is 5.56. The normalized spacial score (nSPS) is 9.95. The number of nitrogens with zero attached hydrogens (tertiary/aromatic N) is 1. The van der Waals surface area contributed by atoms with E-state index in [-0.39, 0.29) is 5.69 Å². The van der Waals surface area contributed by atoms with Gasteiger partial charge in [0.1, 0.15) is 5.75 Å². The first-order chi connectivity index (χ1) is 9.19. The van der Waals surface area contributed by atoms with Crippen LogP contribution in [0, 0.1) is 10.1 Å². The van der Waals surface area contributed by atoms with Crippen LogP contribution in [-0.4, -0.2) is 12.0 Å². The summed E-state index contributed by atoms with van der Waals surface area (Å²) in [6, 6.07) is 14.4. The summed E-state index contributed by atoms with van der Waals surface area (Å²) in [6.45, 7) is 0.602. The fourth-order valence-electron chi connectivity index (χ4n) is 1.71. The van der Waals surface area contributed by atoms with E-state index in [4.69, 9.17) is 4.74 Å². The van der Waals surface area contributed by atoms with Crippen LogP contribution in [0.25, 0.3) is 0 Å². The molecule has 0 saturated carbocycles. The number of ether oxygens (including phenoxy) is 1. The third-order valence-electron chi connectivity index (χ3n) is 2.68. The molecule has 2 aromatic carbocycles. The molecule has 0 spiro atoms. The fourth-order valence-corrected chi connectivity index (χ4v) is 1.71. The number of benzene rings is 2. The summed E-state index contributed by atoms with van der Waals surface area (Å²) in [5.74, 6) is 0.463. The summed E-state index contributed by atoms with van der Waals surface area (Å²) < 4.78 is 5.05. The molecule has 1 N–H and O–H groups in total. The molecule has 0 unspecified atom stereocenters. The number of hydrogen-bond acceptors (Lipinski definition) is 4. The number of nitro groups is 1. The predicted octanol–water partition coefficient (Wildman–Crippen LogP) is 3.22. The maximum atomic E-state index is 10.8. The van der Waals surface area contributed by atoms with E-state index in [1.807, 2.05) is 30.3 Å². The van der Waals surface area contributed by atoms with Crippen molar-refractivity contribution in [3.8, 4) is 5.75 Å². The highest BCUT2D eigenvalue weighted by Crippen LogP contribution is 2.26. The minimum atomic E-state index is -0.434. The van der Waals surface area contributed by atoms with Gasteiger partial charge in [-0.1, -0.05) is 30.3 Å². The summed E-state index contributed by atoms with van der Waals surface area (Å²) in [7, 11) is 1.49. The predicted molar refractivity (Wildman–Crippen MR) is 73.4 cm³/mol. The van der Waals surface area contributed by atoms with Gasteiger partial charge < -0.3 is 10.1 Å². The second kappa shape index (κ2) is 5.86. The van der Waals surface area contributed by atoms with Crippen LogP contribution in [0.1, 0.15) is 5.56 Å². The summed E-state index contributed by atoms with van der Waals surface area (Å²) in [6.07, 6.45) is 0. The van der Waals surface area contributed by atoms with Crippen molar-refractivity contribution in [1.82, 2.24) is 0 Å². The van der Waals surface area contributed by atoms with Crippen LogP contribution in [-0.2, 0) is 6.54 Å². The molecule has 0 aromatic heterocycles. The van der Waals surface area contributed by atoms with Gasteiger partial charge in [0.25, 0.3) is 5.69 Å². The Kier molecular flexibility index (Phi) is 3.97. The van der Waals surface area contributed by atoms with Gasteiger partial charge in [-0.15, -0.1) is 0 Å². The molecular weight excluding hydrogens is 244 g/mol.